The first kappa shape index (κ1) is 65.1. The van der Waals surface area contributed by atoms with Crippen LogP contribution in [-0.4, -0.2) is 47.4 Å². The van der Waals surface area contributed by atoms with Crippen molar-refractivity contribution < 1.29 is 24.5 Å². The van der Waals surface area contributed by atoms with Crippen molar-refractivity contribution >= 4 is 11.9 Å². The largest absolute Gasteiger partial charge is 0.466 e. The molecule has 0 aliphatic rings. The smallest absolute Gasteiger partial charge is 0.305 e. The van der Waals surface area contributed by atoms with Crippen molar-refractivity contribution in [2.24, 2.45) is 0 Å². The van der Waals surface area contributed by atoms with E-state index in [1.807, 2.05) is 6.08 Å². The Labute approximate surface area is 417 Å². The lowest BCUT2D eigenvalue weighted by atomic mass is 10.0. The first-order valence-corrected chi connectivity index (χ1v) is 29.8. The van der Waals surface area contributed by atoms with Gasteiger partial charge >= 0.3 is 5.97 Å². The van der Waals surface area contributed by atoms with E-state index in [2.05, 4.69) is 43.5 Å². The summed E-state index contributed by atoms with van der Waals surface area (Å²) in [5.74, 6) is -0.128. The molecule has 0 bridgehead atoms. The second kappa shape index (κ2) is 56.7. The monoisotopic (exact) mass is 942 g/mol. The zero-order valence-electron chi connectivity index (χ0n) is 44.9. The molecule has 0 fully saturated rings. The minimum absolute atomic E-state index is 0.0331. The van der Waals surface area contributed by atoms with E-state index in [0.717, 1.165) is 83.5 Å². The number of nitrogens with one attached hydrogen (secondary N) is 1. The fraction of sp³-hybridized carbons (Fsp3) is 0.869. The van der Waals surface area contributed by atoms with Crippen LogP contribution in [0.15, 0.2) is 36.5 Å². The van der Waals surface area contributed by atoms with Crippen molar-refractivity contribution in [3.05, 3.63) is 36.5 Å². The van der Waals surface area contributed by atoms with Crippen LogP contribution in [0.3, 0.4) is 0 Å². The van der Waals surface area contributed by atoms with Gasteiger partial charge in [0.2, 0.25) is 5.91 Å². The average Bonchev–Trinajstić information content (AvgIpc) is 3.33. The molecule has 0 aromatic carbocycles. The standard InChI is InChI=1S/C61H115NO5/c1-3-5-7-9-11-13-15-17-19-21-23-25-26-28-30-33-37-41-45-49-53-59(64)58(57-63)62-60(65)54-50-46-42-38-34-32-36-40-44-48-52-56-67-61(66)55-51-47-43-39-35-31-29-27-24-22-20-18-16-14-12-10-8-6-4-2/h18,20,36,40,49,53,58-59,63-64H,3-17,19,21-35,37-39,41-48,50-52,54-57H2,1-2H3,(H,62,65)/b20-18-,40-36-,53-49+. The van der Waals surface area contributed by atoms with Crippen LogP contribution in [0.25, 0.3) is 0 Å². The van der Waals surface area contributed by atoms with E-state index < -0.39 is 12.1 Å². The number of ether oxygens (including phenoxy) is 1. The Balaban J connectivity index is 3.52. The van der Waals surface area contributed by atoms with E-state index in [9.17, 15) is 19.8 Å². The molecule has 0 heterocycles. The molecule has 0 aromatic heterocycles. The molecule has 67 heavy (non-hydrogen) atoms. The molecule has 0 radical (unpaired) electrons. The lowest BCUT2D eigenvalue weighted by molar-refractivity contribution is -0.143. The quantitative estimate of drug-likeness (QED) is 0.0321. The molecule has 2 atom stereocenters. The summed E-state index contributed by atoms with van der Waals surface area (Å²) in [6, 6.07) is -0.650. The van der Waals surface area contributed by atoms with Crippen molar-refractivity contribution in [3.63, 3.8) is 0 Å². The fourth-order valence-corrected chi connectivity index (χ4v) is 9.03. The van der Waals surface area contributed by atoms with Gasteiger partial charge in [0.15, 0.2) is 0 Å². The number of carbonyl (C=O) groups excluding carboxylic acids is 2. The second-order valence-corrected chi connectivity index (χ2v) is 20.3. The predicted molar refractivity (Wildman–Crippen MR) is 292 cm³/mol. The van der Waals surface area contributed by atoms with Crippen LogP contribution in [-0.2, 0) is 14.3 Å². The molecule has 0 saturated heterocycles. The number of hydrogen-bond acceptors (Lipinski definition) is 5. The molecule has 394 valence electrons. The van der Waals surface area contributed by atoms with Gasteiger partial charge in [-0.1, -0.05) is 256 Å². The highest BCUT2D eigenvalue weighted by atomic mass is 16.5. The van der Waals surface area contributed by atoms with Crippen LogP contribution in [0.5, 0.6) is 0 Å². The van der Waals surface area contributed by atoms with Gasteiger partial charge in [-0.15, -0.1) is 0 Å². The van der Waals surface area contributed by atoms with Crippen LogP contribution in [0.2, 0.25) is 0 Å². The SMILES string of the molecule is CCCCCCCC/C=C\CCCCCCCCCCCC(=O)OCCCC/C=C\CCCCCCCC(=O)NC(CO)C(O)/C=C/CCCCCCCCCCCCCCCCCCCC. The highest BCUT2D eigenvalue weighted by molar-refractivity contribution is 5.76. The predicted octanol–water partition coefficient (Wildman–Crippen LogP) is 18.4. The number of aliphatic hydroxyl groups excluding tert-OH is 2. The third-order valence-electron chi connectivity index (χ3n) is 13.6. The molecule has 0 aromatic rings. The van der Waals surface area contributed by atoms with E-state index in [1.165, 1.54) is 205 Å². The summed E-state index contributed by atoms with van der Waals surface area (Å²) < 4.78 is 5.46. The molecule has 0 saturated carbocycles. The number of rotatable bonds is 55. The lowest BCUT2D eigenvalue weighted by Crippen LogP contribution is -2.45. The molecule has 0 rings (SSSR count). The van der Waals surface area contributed by atoms with Crippen molar-refractivity contribution in [1.29, 1.82) is 0 Å². The van der Waals surface area contributed by atoms with Crippen LogP contribution in [0.1, 0.15) is 316 Å². The van der Waals surface area contributed by atoms with Gasteiger partial charge in [0, 0.05) is 12.8 Å². The Bertz CT molecular complexity index is 1090. The molecule has 3 N–H and O–H groups in total. The van der Waals surface area contributed by atoms with Crippen LogP contribution in [0, 0.1) is 0 Å². The lowest BCUT2D eigenvalue weighted by Gasteiger charge is -2.20. The van der Waals surface area contributed by atoms with Gasteiger partial charge in [-0.25, -0.2) is 0 Å². The molecule has 0 aliphatic carbocycles. The highest BCUT2D eigenvalue weighted by Crippen LogP contribution is 2.17. The van der Waals surface area contributed by atoms with Gasteiger partial charge < -0.3 is 20.3 Å². The van der Waals surface area contributed by atoms with Crippen LogP contribution < -0.4 is 5.32 Å². The molecule has 0 spiro atoms. The van der Waals surface area contributed by atoms with E-state index in [-0.39, 0.29) is 18.5 Å². The Morgan fingerprint density at radius 1 is 0.403 bits per heavy atom. The summed E-state index contributed by atoms with van der Waals surface area (Å²) in [7, 11) is 0. The molecule has 6 heteroatoms. The van der Waals surface area contributed by atoms with Gasteiger partial charge in [0.25, 0.3) is 0 Å². The maximum Gasteiger partial charge on any atom is 0.305 e. The third kappa shape index (κ3) is 53.3. The Hall–Kier alpha value is -1.92. The Kier molecular flexibility index (Phi) is 55.0. The highest BCUT2D eigenvalue weighted by Gasteiger charge is 2.18. The first-order valence-electron chi connectivity index (χ1n) is 29.8. The number of hydrogen-bond donors (Lipinski definition) is 3. The number of esters is 1. The maximum atomic E-state index is 12.5. The van der Waals surface area contributed by atoms with Gasteiger partial charge in [0.1, 0.15) is 0 Å². The van der Waals surface area contributed by atoms with Gasteiger partial charge in [-0.2, -0.15) is 0 Å². The summed E-state index contributed by atoms with van der Waals surface area (Å²) in [4.78, 5) is 24.6. The number of unbranched alkanes of at least 4 members (excludes halogenated alkanes) is 40. The second-order valence-electron chi connectivity index (χ2n) is 20.3. The van der Waals surface area contributed by atoms with E-state index in [0.29, 0.717) is 19.4 Å². The van der Waals surface area contributed by atoms with Crippen molar-refractivity contribution in [1.82, 2.24) is 5.32 Å². The van der Waals surface area contributed by atoms with E-state index in [1.54, 1.807) is 6.08 Å². The molecular weight excluding hydrogens is 827 g/mol. The summed E-state index contributed by atoms with van der Waals surface area (Å²) in [5, 5.41) is 23.1. The van der Waals surface area contributed by atoms with Gasteiger partial charge in [0.05, 0.1) is 25.4 Å². The minimum atomic E-state index is -0.864. The molecule has 1 amide bonds. The van der Waals surface area contributed by atoms with Crippen molar-refractivity contribution in [2.75, 3.05) is 13.2 Å². The zero-order chi connectivity index (χ0) is 48.6. The number of aliphatic hydroxyl groups is 2. The summed E-state index contributed by atoms with van der Waals surface area (Å²) in [6.07, 6.45) is 70.3. The van der Waals surface area contributed by atoms with Crippen molar-refractivity contribution in [3.8, 4) is 0 Å². The van der Waals surface area contributed by atoms with Crippen LogP contribution >= 0.6 is 0 Å². The Morgan fingerprint density at radius 2 is 0.701 bits per heavy atom. The summed E-state index contributed by atoms with van der Waals surface area (Å²) >= 11 is 0. The molecular formula is C61H115NO5. The number of carbonyl (C=O) groups is 2. The first-order chi connectivity index (χ1) is 33.0. The number of amides is 1. The normalized spacial score (nSPS) is 12.8. The molecule has 6 nitrogen and oxygen atoms in total. The van der Waals surface area contributed by atoms with Crippen molar-refractivity contribution in [2.45, 2.75) is 328 Å². The summed E-state index contributed by atoms with van der Waals surface area (Å²) in [5.41, 5.74) is 0. The van der Waals surface area contributed by atoms with Gasteiger partial charge in [-0.3, -0.25) is 9.59 Å². The van der Waals surface area contributed by atoms with E-state index >= 15 is 0 Å². The third-order valence-corrected chi connectivity index (χ3v) is 13.6. The zero-order valence-corrected chi connectivity index (χ0v) is 44.9. The number of allylic oxidation sites excluding steroid dienone is 5. The Morgan fingerprint density at radius 3 is 1.06 bits per heavy atom. The fourth-order valence-electron chi connectivity index (χ4n) is 9.03. The molecule has 0 aliphatic heterocycles. The van der Waals surface area contributed by atoms with E-state index in [4.69, 9.17) is 4.74 Å². The minimum Gasteiger partial charge on any atom is -0.466 e. The van der Waals surface area contributed by atoms with Crippen LogP contribution in [0.4, 0.5) is 0 Å². The molecule has 2 unspecified atom stereocenters. The van der Waals surface area contributed by atoms with Gasteiger partial charge in [-0.05, 0) is 83.5 Å². The average molecular weight is 943 g/mol. The summed E-state index contributed by atoms with van der Waals surface area (Å²) in [6.45, 7) is 4.84. The maximum absolute atomic E-state index is 12.5. The topological polar surface area (TPSA) is 95.9 Å².